The molecule has 0 saturated carbocycles. The first-order valence-electron chi connectivity index (χ1n) is 6.55. The van der Waals surface area contributed by atoms with E-state index in [2.05, 4.69) is 15.3 Å². The minimum Gasteiger partial charge on any atom is -0.505 e. The Morgan fingerprint density at radius 1 is 1.45 bits per heavy atom. The second-order valence-electron chi connectivity index (χ2n) is 4.58. The molecule has 2 heterocycles. The van der Waals surface area contributed by atoms with Crippen molar-refractivity contribution in [2.24, 2.45) is 7.05 Å². The van der Waals surface area contributed by atoms with Crippen molar-refractivity contribution in [2.75, 3.05) is 0 Å². The third-order valence-corrected chi connectivity index (χ3v) is 3.05. The molecule has 0 aromatic carbocycles. The van der Waals surface area contributed by atoms with E-state index in [4.69, 9.17) is 0 Å². The van der Waals surface area contributed by atoms with Crippen LogP contribution in [-0.2, 0) is 7.05 Å². The number of amides is 1. The van der Waals surface area contributed by atoms with Crippen LogP contribution in [0.4, 0.5) is 0 Å². The predicted molar refractivity (Wildman–Crippen MR) is 74.2 cm³/mol. The maximum atomic E-state index is 12.2. The topological polar surface area (TPSA) is 80.0 Å². The number of rotatable bonds is 5. The molecule has 0 radical (unpaired) electrons. The average molecular weight is 274 g/mol. The first-order valence-corrected chi connectivity index (χ1v) is 6.55. The Hall–Kier alpha value is -2.37. The summed E-state index contributed by atoms with van der Waals surface area (Å²) in [7, 11) is 1.88. The highest BCUT2D eigenvalue weighted by molar-refractivity contribution is 5.94. The van der Waals surface area contributed by atoms with E-state index >= 15 is 0 Å². The second kappa shape index (κ2) is 6.18. The van der Waals surface area contributed by atoms with E-state index in [1.54, 1.807) is 12.3 Å². The zero-order valence-corrected chi connectivity index (χ0v) is 11.6. The van der Waals surface area contributed by atoms with Gasteiger partial charge in [0, 0.05) is 25.6 Å². The Morgan fingerprint density at radius 2 is 2.25 bits per heavy atom. The number of nitrogens with zero attached hydrogens (tertiary/aromatic N) is 3. The number of aromatic nitrogens is 3. The van der Waals surface area contributed by atoms with Crippen LogP contribution in [-0.4, -0.2) is 25.5 Å². The highest BCUT2D eigenvalue weighted by atomic mass is 16.3. The summed E-state index contributed by atoms with van der Waals surface area (Å²) < 4.78 is 1.87. The fourth-order valence-corrected chi connectivity index (χ4v) is 2.07. The minimum atomic E-state index is -0.399. The molecule has 1 atom stereocenters. The van der Waals surface area contributed by atoms with Crippen molar-refractivity contribution < 1.29 is 9.90 Å². The van der Waals surface area contributed by atoms with Crippen molar-refractivity contribution in [3.05, 3.63) is 42.2 Å². The molecule has 0 aliphatic rings. The lowest BCUT2D eigenvalue weighted by atomic mass is 10.1. The number of nitrogens with one attached hydrogen (secondary N) is 1. The van der Waals surface area contributed by atoms with Gasteiger partial charge < -0.3 is 15.0 Å². The summed E-state index contributed by atoms with van der Waals surface area (Å²) in [5, 5.41) is 12.5. The summed E-state index contributed by atoms with van der Waals surface area (Å²) in [5.74, 6) is 0.264. The quantitative estimate of drug-likeness (QED) is 0.871. The van der Waals surface area contributed by atoms with Crippen molar-refractivity contribution in [1.29, 1.82) is 0 Å². The highest BCUT2D eigenvalue weighted by Gasteiger charge is 2.20. The van der Waals surface area contributed by atoms with Gasteiger partial charge in [0.05, 0.1) is 6.04 Å². The molecule has 6 heteroatoms. The fraction of sp³-hybridized carbons (Fsp3) is 0.357. The molecule has 1 amide bonds. The third kappa shape index (κ3) is 2.96. The lowest BCUT2D eigenvalue weighted by Crippen LogP contribution is -2.30. The first kappa shape index (κ1) is 14.0. The van der Waals surface area contributed by atoms with Crippen LogP contribution >= 0.6 is 0 Å². The highest BCUT2D eigenvalue weighted by Crippen LogP contribution is 2.19. The molecule has 0 saturated heterocycles. The van der Waals surface area contributed by atoms with Gasteiger partial charge in [0.2, 0.25) is 0 Å². The molecule has 20 heavy (non-hydrogen) atoms. The summed E-state index contributed by atoms with van der Waals surface area (Å²) in [6.07, 6.45) is 6.69. The molecule has 0 bridgehead atoms. The van der Waals surface area contributed by atoms with Gasteiger partial charge >= 0.3 is 0 Å². The molecular formula is C14H18N4O2. The molecular weight excluding hydrogens is 256 g/mol. The van der Waals surface area contributed by atoms with Crippen LogP contribution in [0.1, 0.15) is 42.1 Å². The van der Waals surface area contributed by atoms with E-state index in [0.717, 1.165) is 18.7 Å². The zero-order valence-electron chi connectivity index (χ0n) is 11.6. The molecule has 2 rings (SSSR count). The molecule has 1 unspecified atom stereocenters. The van der Waals surface area contributed by atoms with E-state index < -0.39 is 5.91 Å². The standard InChI is InChI=1S/C14H18N4O2/c1-3-5-10(13-16-8-9-18(13)2)17-14(20)12-11(19)6-4-7-15-12/h4,6-10,19H,3,5H2,1-2H3,(H,17,20). The van der Waals surface area contributed by atoms with Crippen LogP contribution < -0.4 is 5.32 Å². The van der Waals surface area contributed by atoms with Gasteiger partial charge in [0.1, 0.15) is 11.6 Å². The van der Waals surface area contributed by atoms with E-state index in [1.807, 2.05) is 24.7 Å². The van der Waals surface area contributed by atoms with Gasteiger partial charge in [-0.05, 0) is 18.6 Å². The maximum Gasteiger partial charge on any atom is 0.274 e. The smallest absolute Gasteiger partial charge is 0.274 e. The molecule has 0 aliphatic heterocycles. The monoisotopic (exact) mass is 274 g/mol. The summed E-state index contributed by atoms with van der Waals surface area (Å²) in [6.45, 7) is 2.04. The molecule has 0 fully saturated rings. The Morgan fingerprint density at radius 3 is 2.85 bits per heavy atom. The van der Waals surface area contributed by atoms with Crippen molar-refractivity contribution >= 4 is 5.91 Å². The molecule has 2 aromatic heterocycles. The molecule has 2 N–H and O–H groups in total. The number of hydrogen-bond acceptors (Lipinski definition) is 4. The van der Waals surface area contributed by atoms with Gasteiger partial charge in [-0.15, -0.1) is 0 Å². The Labute approximate surface area is 117 Å². The average Bonchev–Trinajstić information content (AvgIpc) is 2.85. The normalized spacial score (nSPS) is 12.1. The number of carbonyl (C=O) groups excluding carboxylic acids is 1. The van der Waals surface area contributed by atoms with Crippen LogP contribution in [0.15, 0.2) is 30.7 Å². The van der Waals surface area contributed by atoms with Gasteiger partial charge in [-0.25, -0.2) is 9.97 Å². The SMILES string of the molecule is CCCC(NC(=O)c1ncccc1O)c1nccn1C. The number of imidazole rings is 1. The van der Waals surface area contributed by atoms with Gasteiger partial charge in [-0.3, -0.25) is 4.79 Å². The maximum absolute atomic E-state index is 12.2. The number of carbonyl (C=O) groups is 1. The predicted octanol–water partition coefficient (Wildman–Crippen LogP) is 1.79. The molecule has 106 valence electrons. The summed E-state index contributed by atoms with van der Waals surface area (Å²) >= 11 is 0. The van der Waals surface area contributed by atoms with Crippen molar-refractivity contribution in [2.45, 2.75) is 25.8 Å². The van der Waals surface area contributed by atoms with Crippen LogP contribution in [0.5, 0.6) is 5.75 Å². The van der Waals surface area contributed by atoms with Gasteiger partial charge in [0.25, 0.3) is 5.91 Å². The van der Waals surface area contributed by atoms with Crippen molar-refractivity contribution in [1.82, 2.24) is 19.9 Å². The zero-order chi connectivity index (χ0) is 14.5. The molecule has 0 aliphatic carbocycles. The molecule has 2 aromatic rings. The lowest BCUT2D eigenvalue weighted by Gasteiger charge is -2.17. The summed E-state index contributed by atoms with van der Waals surface area (Å²) in [5.41, 5.74) is 0.0304. The summed E-state index contributed by atoms with van der Waals surface area (Å²) in [6, 6.07) is 2.82. The molecule has 0 spiro atoms. The second-order valence-corrected chi connectivity index (χ2v) is 4.58. The van der Waals surface area contributed by atoms with Gasteiger partial charge in [0.15, 0.2) is 5.69 Å². The Kier molecular flexibility index (Phi) is 4.34. The number of aryl methyl sites for hydroxylation is 1. The minimum absolute atomic E-state index is 0.0304. The largest absolute Gasteiger partial charge is 0.505 e. The summed E-state index contributed by atoms with van der Waals surface area (Å²) in [4.78, 5) is 20.4. The van der Waals surface area contributed by atoms with E-state index in [0.29, 0.717) is 0 Å². The van der Waals surface area contributed by atoms with Crippen molar-refractivity contribution in [3.8, 4) is 5.75 Å². The molecule has 6 nitrogen and oxygen atoms in total. The number of pyridine rings is 1. The Bertz CT molecular complexity index is 594. The third-order valence-electron chi connectivity index (χ3n) is 3.05. The van der Waals surface area contributed by atoms with Gasteiger partial charge in [-0.1, -0.05) is 13.3 Å². The van der Waals surface area contributed by atoms with E-state index in [1.165, 1.54) is 12.3 Å². The van der Waals surface area contributed by atoms with Crippen molar-refractivity contribution in [3.63, 3.8) is 0 Å². The van der Waals surface area contributed by atoms with Crippen LogP contribution in [0.3, 0.4) is 0 Å². The Balaban J connectivity index is 2.19. The first-order chi connectivity index (χ1) is 9.63. The number of hydrogen-bond donors (Lipinski definition) is 2. The number of aromatic hydroxyl groups is 1. The van der Waals surface area contributed by atoms with E-state index in [-0.39, 0.29) is 17.5 Å². The van der Waals surface area contributed by atoms with E-state index in [9.17, 15) is 9.90 Å². The van der Waals surface area contributed by atoms with Crippen LogP contribution in [0.2, 0.25) is 0 Å². The fourth-order valence-electron chi connectivity index (χ4n) is 2.07. The van der Waals surface area contributed by atoms with Crippen LogP contribution in [0, 0.1) is 0 Å². The van der Waals surface area contributed by atoms with Gasteiger partial charge in [-0.2, -0.15) is 0 Å². The van der Waals surface area contributed by atoms with Crippen LogP contribution in [0.25, 0.3) is 0 Å². The lowest BCUT2D eigenvalue weighted by molar-refractivity contribution is 0.0924.